The van der Waals surface area contributed by atoms with E-state index in [1.165, 1.54) is 0 Å². The van der Waals surface area contributed by atoms with Crippen LogP contribution < -0.4 is 24.8 Å². The maximum atomic E-state index is 12.4. The molecule has 1 amide bonds. The van der Waals surface area contributed by atoms with Gasteiger partial charge in [0.1, 0.15) is 5.75 Å². The minimum atomic E-state index is -0.138. The van der Waals surface area contributed by atoms with Gasteiger partial charge in [-0.1, -0.05) is 0 Å². The van der Waals surface area contributed by atoms with Gasteiger partial charge in [-0.05, 0) is 50.3 Å². The average Bonchev–Trinajstić information content (AvgIpc) is 2.96. The zero-order valence-electron chi connectivity index (χ0n) is 16.0. The largest absolute Gasteiger partial charge is 0.494 e. The molecular weight excluding hydrogens is 344 g/mol. The first-order valence-electron chi connectivity index (χ1n) is 8.84. The second-order valence-corrected chi connectivity index (χ2v) is 6.18. The smallest absolute Gasteiger partial charge is 0.256 e. The fourth-order valence-electron chi connectivity index (χ4n) is 3.05. The molecule has 142 valence electrons. The highest BCUT2D eigenvalue weighted by atomic mass is 16.5. The second-order valence-electron chi connectivity index (χ2n) is 6.18. The number of rotatable bonds is 7. The number of hydrogen-bond acceptors (Lipinski definition) is 5. The quantitative estimate of drug-likeness (QED) is 0.725. The molecule has 0 fully saturated rings. The molecule has 1 aliphatic rings. The molecule has 1 unspecified atom stereocenters. The Kier molecular flexibility index (Phi) is 5.54. The van der Waals surface area contributed by atoms with Crippen LogP contribution in [0.1, 0.15) is 19.4 Å². The van der Waals surface area contributed by atoms with Crippen molar-refractivity contribution in [2.24, 2.45) is 0 Å². The lowest BCUT2D eigenvalue weighted by Gasteiger charge is -2.13. The summed E-state index contributed by atoms with van der Waals surface area (Å²) in [6, 6.07) is 11.3. The van der Waals surface area contributed by atoms with Gasteiger partial charge in [0.25, 0.3) is 5.91 Å². The molecular formula is C21H24N2O4. The SMILES string of the molecule is CCOc1ccc(NC(C)C=C2C(=O)Nc3cc(OC)c(OC)cc32)cc1. The maximum absolute atomic E-state index is 12.4. The Morgan fingerprint density at radius 2 is 1.78 bits per heavy atom. The Balaban J connectivity index is 1.81. The van der Waals surface area contributed by atoms with E-state index in [9.17, 15) is 4.79 Å². The van der Waals surface area contributed by atoms with Gasteiger partial charge in [-0.15, -0.1) is 0 Å². The first-order valence-corrected chi connectivity index (χ1v) is 8.84. The number of benzene rings is 2. The summed E-state index contributed by atoms with van der Waals surface area (Å²) in [5, 5.41) is 6.25. The van der Waals surface area contributed by atoms with Gasteiger partial charge in [-0.3, -0.25) is 4.79 Å². The third kappa shape index (κ3) is 4.00. The fourth-order valence-corrected chi connectivity index (χ4v) is 3.05. The van der Waals surface area contributed by atoms with Crippen LogP contribution in [0, 0.1) is 0 Å². The number of methoxy groups -OCH3 is 2. The summed E-state index contributed by atoms with van der Waals surface area (Å²) in [6.07, 6.45) is 1.91. The molecule has 0 saturated heterocycles. The predicted molar refractivity (Wildman–Crippen MR) is 107 cm³/mol. The normalized spacial score (nSPS) is 15.1. The molecule has 0 saturated carbocycles. The zero-order chi connectivity index (χ0) is 19.4. The third-order valence-electron chi connectivity index (χ3n) is 4.28. The second kappa shape index (κ2) is 8.03. The van der Waals surface area contributed by atoms with Crippen LogP contribution >= 0.6 is 0 Å². The highest BCUT2D eigenvalue weighted by Crippen LogP contribution is 2.40. The number of ether oxygens (including phenoxy) is 3. The van der Waals surface area contributed by atoms with E-state index in [-0.39, 0.29) is 11.9 Å². The van der Waals surface area contributed by atoms with Crippen LogP contribution in [0.3, 0.4) is 0 Å². The topological polar surface area (TPSA) is 68.8 Å². The van der Waals surface area contributed by atoms with Crippen molar-refractivity contribution in [2.45, 2.75) is 19.9 Å². The van der Waals surface area contributed by atoms with E-state index >= 15 is 0 Å². The van der Waals surface area contributed by atoms with Gasteiger partial charge in [0.15, 0.2) is 11.5 Å². The van der Waals surface area contributed by atoms with Gasteiger partial charge < -0.3 is 24.8 Å². The van der Waals surface area contributed by atoms with Gasteiger partial charge >= 0.3 is 0 Å². The van der Waals surface area contributed by atoms with Crippen LogP contribution in [-0.4, -0.2) is 32.8 Å². The van der Waals surface area contributed by atoms with Crippen molar-refractivity contribution >= 4 is 22.9 Å². The molecule has 2 N–H and O–H groups in total. The van der Waals surface area contributed by atoms with Gasteiger partial charge in [-0.25, -0.2) is 0 Å². The van der Waals surface area contributed by atoms with Crippen molar-refractivity contribution in [3.63, 3.8) is 0 Å². The number of nitrogens with one attached hydrogen (secondary N) is 2. The van der Waals surface area contributed by atoms with Crippen LogP contribution in [0.25, 0.3) is 5.57 Å². The number of anilines is 2. The molecule has 1 heterocycles. The minimum absolute atomic E-state index is 0.0530. The standard InChI is InChI=1S/C21H24N2O4/c1-5-27-15-8-6-14(7-9-15)22-13(2)10-17-16-11-19(25-3)20(26-4)12-18(16)23-21(17)24/h6-13,22H,5H2,1-4H3,(H,23,24). The summed E-state index contributed by atoms with van der Waals surface area (Å²) in [5.41, 5.74) is 3.08. The molecule has 3 rings (SSSR count). The molecule has 1 aliphatic heterocycles. The average molecular weight is 368 g/mol. The summed E-state index contributed by atoms with van der Waals surface area (Å²) in [4.78, 5) is 12.4. The summed E-state index contributed by atoms with van der Waals surface area (Å²) >= 11 is 0. The highest BCUT2D eigenvalue weighted by Gasteiger charge is 2.27. The number of amides is 1. The van der Waals surface area contributed by atoms with Crippen LogP contribution in [0.15, 0.2) is 42.5 Å². The first-order chi connectivity index (χ1) is 13.0. The molecule has 0 radical (unpaired) electrons. The molecule has 6 heteroatoms. The van der Waals surface area contributed by atoms with Gasteiger partial charge in [-0.2, -0.15) is 0 Å². The van der Waals surface area contributed by atoms with Crippen LogP contribution in [0.2, 0.25) is 0 Å². The van der Waals surface area contributed by atoms with E-state index in [1.807, 2.05) is 50.3 Å². The highest BCUT2D eigenvalue weighted by molar-refractivity contribution is 6.31. The van der Waals surface area contributed by atoms with E-state index in [1.54, 1.807) is 20.3 Å². The summed E-state index contributed by atoms with van der Waals surface area (Å²) in [7, 11) is 3.15. The van der Waals surface area contributed by atoms with E-state index in [0.29, 0.717) is 23.7 Å². The van der Waals surface area contributed by atoms with Crippen molar-refractivity contribution in [1.82, 2.24) is 0 Å². The molecule has 6 nitrogen and oxygen atoms in total. The van der Waals surface area contributed by atoms with Crippen molar-refractivity contribution in [3.05, 3.63) is 48.0 Å². The molecule has 27 heavy (non-hydrogen) atoms. The van der Waals surface area contributed by atoms with E-state index < -0.39 is 0 Å². The van der Waals surface area contributed by atoms with Gasteiger partial charge in [0, 0.05) is 28.9 Å². The fraction of sp³-hybridized carbons (Fsp3) is 0.286. The number of fused-ring (bicyclic) bond motifs is 1. The van der Waals surface area contributed by atoms with Crippen molar-refractivity contribution in [1.29, 1.82) is 0 Å². The maximum Gasteiger partial charge on any atom is 0.256 e. The lowest BCUT2D eigenvalue weighted by molar-refractivity contribution is -0.110. The van der Waals surface area contributed by atoms with Crippen LogP contribution in [-0.2, 0) is 4.79 Å². The molecule has 1 atom stereocenters. The Morgan fingerprint density at radius 1 is 1.11 bits per heavy atom. The monoisotopic (exact) mass is 368 g/mol. The Hall–Kier alpha value is -3.15. The Labute approximate surface area is 159 Å². The summed E-state index contributed by atoms with van der Waals surface area (Å²) < 4.78 is 16.1. The van der Waals surface area contributed by atoms with Crippen LogP contribution in [0.4, 0.5) is 11.4 Å². The van der Waals surface area contributed by atoms with Crippen LogP contribution in [0.5, 0.6) is 17.2 Å². The summed E-state index contributed by atoms with van der Waals surface area (Å²) in [6.45, 7) is 4.59. The lowest BCUT2D eigenvalue weighted by atomic mass is 10.0. The lowest BCUT2D eigenvalue weighted by Crippen LogP contribution is -2.14. The third-order valence-corrected chi connectivity index (χ3v) is 4.28. The van der Waals surface area contributed by atoms with Crippen molar-refractivity contribution < 1.29 is 19.0 Å². The van der Waals surface area contributed by atoms with E-state index in [2.05, 4.69) is 10.6 Å². The zero-order valence-corrected chi connectivity index (χ0v) is 16.0. The summed E-state index contributed by atoms with van der Waals surface area (Å²) in [5.74, 6) is 1.86. The number of carbonyl (C=O) groups excluding carboxylic acids is 1. The molecule has 2 aromatic carbocycles. The van der Waals surface area contributed by atoms with E-state index in [4.69, 9.17) is 14.2 Å². The van der Waals surface area contributed by atoms with E-state index in [0.717, 1.165) is 22.7 Å². The molecule has 2 aromatic rings. The molecule has 0 spiro atoms. The number of hydrogen-bond donors (Lipinski definition) is 2. The minimum Gasteiger partial charge on any atom is -0.494 e. The van der Waals surface area contributed by atoms with Gasteiger partial charge in [0.05, 0.1) is 26.5 Å². The molecule has 0 bridgehead atoms. The molecule has 0 aromatic heterocycles. The number of carbonyl (C=O) groups is 1. The molecule has 0 aliphatic carbocycles. The first kappa shape index (κ1) is 18.6. The Bertz CT molecular complexity index is 859. The van der Waals surface area contributed by atoms with Gasteiger partial charge in [0.2, 0.25) is 0 Å². The van der Waals surface area contributed by atoms with Crippen molar-refractivity contribution in [2.75, 3.05) is 31.5 Å². The van der Waals surface area contributed by atoms with Crippen molar-refractivity contribution in [3.8, 4) is 17.2 Å². The predicted octanol–water partition coefficient (Wildman–Crippen LogP) is 3.94. The Morgan fingerprint density at radius 3 is 2.41 bits per heavy atom.